The summed E-state index contributed by atoms with van der Waals surface area (Å²) in [6.45, 7) is 4.39. The Hall–Kier alpha value is -1.46. The molecule has 0 aliphatic rings. The number of aromatic nitrogens is 2. The summed E-state index contributed by atoms with van der Waals surface area (Å²) in [4.78, 5) is 4.33. The minimum Gasteiger partial charge on any atom is -0.385 e. The van der Waals surface area contributed by atoms with Crippen molar-refractivity contribution in [2.75, 3.05) is 6.54 Å². The monoisotopic (exact) mass is 251 g/mol. The third kappa shape index (κ3) is 2.23. The van der Waals surface area contributed by atoms with E-state index >= 15 is 0 Å². The molecule has 0 fully saturated rings. The van der Waals surface area contributed by atoms with E-state index in [1.54, 1.807) is 6.07 Å². The Balaban J connectivity index is 2.60. The quantitative estimate of drug-likeness (QED) is 0.875. The highest BCUT2D eigenvalue weighted by molar-refractivity contribution is 5.76. The summed E-state index contributed by atoms with van der Waals surface area (Å²) in [6, 6.07) is 4.62. The number of aliphatic hydroxyl groups excluding tert-OH is 1. The van der Waals surface area contributed by atoms with Crippen molar-refractivity contribution in [3.05, 3.63) is 29.8 Å². The largest absolute Gasteiger partial charge is 0.385 e. The third-order valence-corrected chi connectivity index (χ3v) is 2.93. The molecule has 1 unspecified atom stereocenters. The Kier molecular flexibility index (Phi) is 3.63. The van der Waals surface area contributed by atoms with E-state index in [-0.39, 0.29) is 11.9 Å². The molecule has 3 N–H and O–H groups in total. The second-order valence-corrected chi connectivity index (χ2v) is 4.66. The highest BCUT2D eigenvalue weighted by Gasteiger charge is 2.19. The van der Waals surface area contributed by atoms with Crippen LogP contribution in [0.15, 0.2) is 18.2 Å². The minimum atomic E-state index is -0.715. The number of halogens is 1. The molecule has 1 aromatic carbocycles. The summed E-state index contributed by atoms with van der Waals surface area (Å²) in [5, 5.41) is 10.1. The Morgan fingerprint density at radius 3 is 2.78 bits per heavy atom. The van der Waals surface area contributed by atoms with Crippen molar-refractivity contribution in [1.82, 2.24) is 9.55 Å². The Morgan fingerprint density at radius 2 is 2.17 bits per heavy atom. The average Bonchev–Trinajstić information content (AvgIpc) is 2.67. The van der Waals surface area contributed by atoms with Gasteiger partial charge in [-0.3, -0.25) is 0 Å². The van der Waals surface area contributed by atoms with Gasteiger partial charge in [-0.1, -0.05) is 0 Å². The first-order valence-electron chi connectivity index (χ1n) is 6.10. The fraction of sp³-hybridized carbons (Fsp3) is 0.462. The van der Waals surface area contributed by atoms with E-state index in [1.807, 2.05) is 18.4 Å². The molecule has 98 valence electrons. The lowest BCUT2D eigenvalue weighted by Crippen LogP contribution is -2.14. The lowest BCUT2D eigenvalue weighted by Gasteiger charge is -2.16. The molecule has 0 radical (unpaired) electrons. The number of fused-ring (bicyclic) bond motifs is 1. The van der Waals surface area contributed by atoms with Gasteiger partial charge < -0.3 is 15.4 Å². The fourth-order valence-electron chi connectivity index (χ4n) is 2.16. The van der Waals surface area contributed by atoms with E-state index in [0.717, 1.165) is 5.52 Å². The van der Waals surface area contributed by atoms with E-state index in [1.165, 1.54) is 12.1 Å². The van der Waals surface area contributed by atoms with E-state index in [9.17, 15) is 9.50 Å². The molecule has 1 heterocycles. The predicted molar refractivity (Wildman–Crippen MR) is 68.7 cm³/mol. The molecule has 4 nitrogen and oxygen atoms in total. The van der Waals surface area contributed by atoms with Crippen LogP contribution in [0, 0.1) is 5.82 Å². The second-order valence-electron chi connectivity index (χ2n) is 4.66. The Labute approximate surface area is 105 Å². The molecule has 0 bridgehead atoms. The first kappa shape index (κ1) is 13.0. The van der Waals surface area contributed by atoms with Crippen molar-refractivity contribution in [2.45, 2.75) is 32.4 Å². The number of hydrogen-bond acceptors (Lipinski definition) is 3. The van der Waals surface area contributed by atoms with E-state index in [4.69, 9.17) is 5.73 Å². The summed E-state index contributed by atoms with van der Waals surface area (Å²) >= 11 is 0. The molecule has 5 heteroatoms. The van der Waals surface area contributed by atoms with E-state index in [0.29, 0.717) is 24.3 Å². The zero-order valence-corrected chi connectivity index (χ0v) is 10.6. The average molecular weight is 251 g/mol. The topological polar surface area (TPSA) is 64.1 Å². The van der Waals surface area contributed by atoms with Crippen LogP contribution in [0.3, 0.4) is 0 Å². The molecule has 0 saturated heterocycles. The van der Waals surface area contributed by atoms with Gasteiger partial charge in [0.25, 0.3) is 0 Å². The van der Waals surface area contributed by atoms with Gasteiger partial charge in [-0.2, -0.15) is 0 Å². The van der Waals surface area contributed by atoms with Gasteiger partial charge >= 0.3 is 0 Å². The lowest BCUT2D eigenvalue weighted by atomic mass is 10.2. The van der Waals surface area contributed by atoms with Crippen LogP contribution < -0.4 is 5.73 Å². The fourth-order valence-corrected chi connectivity index (χ4v) is 2.16. The van der Waals surface area contributed by atoms with Gasteiger partial charge in [0.15, 0.2) is 0 Å². The number of benzene rings is 1. The van der Waals surface area contributed by atoms with Crippen molar-refractivity contribution >= 4 is 11.0 Å². The predicted octanol–water partition coefficient (Wildman–Crippen LogP) is 2.14. The second kappa shape index (κ2) is 5.04. The zero-order valence-electron chi connectivity index (χ0n) is 10.6. The smallest absolute Gasteiger partial charge is 0.139 e. The number of hydrogen-bond donors (Lipinski definition) is 2. The van der Waals surface area contributed by atoms with E-state index in [2.05, 4.69) is 4.98 Å². The first-order valence-corrected chi connectivity index (χ1v) is 6.10. The van der Waals surface area contributed by atoms with Crippen LogP contribution in [0.25, 0.3) is 11.0 Å². The zero-order chi connectivity index (χ0) is 13.3. The molecular formula is C13H18FN3O. The Bertz CT molecular complexity index is 550. The number of nitrogens with zero attached hydrogens (tertiary/aromatic N) is 2. The van der Waals surface area contributed by atoms with Gasteiger partial charge in [0.2, 0.25) is 0 Å². The highest BCUT2D eigenvalue weighted by Crippen LogP contribution is 2.26. The third-order valence-electron chi connectivity index (χ3n) is 2.93. The molecule has 1 atom stereocenters. The van der Waals surface area contributed by atoms with Gasteiger partial charge in [-0.25, -0.2) is 9.37 Å². The molecule has 2 rings (SSSR count). The van der Waals surface area contributed by atoms with Crippen LogP contribution in [-0.2, 0) is 0 Å². The van der Waals surface area contributed by atoms with Crippen LogP contribution in [0.2, 0.25) is 0 Å². The molecule has 0 amide bonds. The van der Waals surface area contributed by atoms with Gasteiger partial charge in [0.05, 0.1) is 11.0 Å². The summed E-state index contributed by atoms with van der Waals surface area (Å²) < 4.78 is 15.1. The van der Waals surface area contributed by atoms with Gasteiger partial charge in [0, 0.05) is 12.1 Å². The number of rotatable bonds is 4. The highest BCUT2D eigenvalue weighted by atomic mass is 19.1. The SMILES string of the molecule is CC(C)n1c(C(O)CCN)nc2cc(F)ccc21. The van der Waals surface area contributed by atoms with Crippen molar-refractivity contribution in [3.8, 4) is 0 Å². The van der Waals surface area contributed by atoms with E-state index < -0.39 is 6.10 Å². The maximum absolute atomic E-state index is 13.2. The molecule has 2 aromatic rings. The minimum absolute atomic E-state index is 0.142. The summed E-state index contributed by atoms with van der Waals surface area (Å²) in [5.41, 5.74) is 6.85. The number of aliphatic hydroxyl groups is 1. The maximum atomic E-state index is 13.2. The van der Waals surface area contributed by atoms with Crippen LogP contribution in [0.5, 0.6) is 0 Å². The molecule has 0 aliphatic carbocycles. The standard InChI is InChI=1S/C13H18FN3O/c1-8(2)17-11-4-3-9(14)7-10(11)16-13(17)12(18)5-6-15/h3-4,7-8,12,18H,5-6,15H2,1-2H3. The normalized spacial score (nSPS) is 13.4. The lowest BCUT2D eigenvalue weighted by molar-refractivity contribution is 0.155. The van der Waals surface area contributed by atoms with Crippen LogP contribution >= 0.6 is 0 Å². The van der Waals surface area contributed by atoms with Crippen molar-refractivity contribution in [3.63, 3.8) is 0 Å². The number of imidazole rings is 1. The maximum Gasteiger partial charge on any atom is 0.139 e. The van der Waals surface area contributed by atoms with Gasteiger partial charge in [-0.15, -0.1) is 0 Å². The van der Waals surface area contributed by atoms with Crippen LogP contribution in [0.4, 0.5) is 4.39 Å². The molecule has 0 saturated carbocycles. The van der Waals surface area contributed by atoms with Gasteiger partial charge in [0.1, 0.15) is 17.7 Å². The summed E-state index contributed by atoms with van der Waals surface area (Å²) in [7, 11) is 0. The number of nitrogens with two attached hydrogens (primary N) is 1. The van der Waals surface area contributed by atoms with Gasteiger partial charge in [-0.05, 0) is 38.9 Å². The molecule has 0 spiro atoms. The van der Waals surface area contributed by atoms with Crippen molar-refractivity contribution in [1.29, 1.82) is 0 Å². The molecule has 18 heavy (non-hydrogen) atoms. The molecular weight excluding hydrogens is 233 g/mol. The van der Waals surface area contributed by atoms with Crippen LogP contribution in [-0.4, -0.2) is 21.2 Å². The summed E-state index contributed by atoms with van der Waals surface area (Å²) in [6.07, 6.45) is -0.272. The van der Waals surface area contributed by atoms with Crippen molar-refractivity contribution in [2.24, 2.45) is 5.73 Å². The first-order chi connectivity index (χ1) is 8.54. The molecule has 1 aromatic heterocycles. The van der Waals surface area contributed by atoms with Crippen molar-refractivity contribution < 1.29 is 9.50 Å². The Morgan fingerprint density at radius 1 is 1.44 bits per heavy atom. The molecule has 0 aliphatic heterocycles. The summed E-state index contributed by atoms with van der Waals surface area (Å²) in [5.74, 6) is 0.229. The van der Waals surface area contributed by atoms with Crippen LogP contribution in [0.1, 0.15) is 38.2 Å².